The van der Waals surface area contributed by atoms with Crippen molar-refractivity contribution < 1.29 is 8.42 Å². The normalized spacial score (nSPS) is 29.3. The van der Waals surface area contributed by atoms with Crippen LogP contribution in [0.15, 0.2) is 0 Å². The molecule has 0 aromatic carbocycles. The Kier molecular flexibility index (Phi) is 2.75. The molecular weight excluding hydrogens is 176 g/mol. The fourth-order valence-electron chi connectivity index (χ4n) is 1.05. The van der Waals surface area contributed by atoms with Gasteiger partial charge in [0.25, 0.3) is 0 Å². The highest BCUT2D eigenvalue weighted by molar-refractivity contribution is 7.88. The highest BCUT2D eigenvalue weighted by atomic mass is 32.2. The average Bonchev–Trinajstić information content (AvgIpc) is 2.59. The van der Waals surface area contributed by atoms with E-state index < -0.39 is 10.0 Å². The molecule has 0 heterocycles. The zero-order valence-corrected chi connectivity index (χ0v) is 8.56. The van der Waals surface area contributed by atoms with E-state index in [2.05, 4.69) is 12.3 Å². The summed E-state index contributed by atoms with van der Waals surface area (Å²) in [5.41, 5.74) is 2.86. The van der Waals surface area contributed by atoms with Crippen molar-refractivity contribution >= 4 is 10.0 Å². The maximum absolute atomic E-state index is 10.9. The second kappa shape index (κ2) is 3.32. The van der Waals surface area contributed by atoms with Gasteiger partial charge in [0.05, 0.1) is 6.26 Å². The first-order valence-electron chi connectivity index (χ1n) is 4.08. The summed E-state index contributed by atoms with van der Waals surface area (Å²) in [7, 11) is -1.54. The smallest absolute Gasteiger partial charge is 0.223 e. The van der Waals surface area contributed by atoms with Crippen LogP contribution in [-0.2, 0) is 10.0 Å². The van der Waals surface area contributed by atoms with Crippen LogP contribution in [0.5, 0.6) is 0 Å². The van der Waals surface area contributed by atoms with Gasteiger partial charge >= 0.3 is 0 Å². The van der Waals surface area contributed by atoms with Gasteiger partial charge in [0, 0.05) is 13.6 Å². The lowest BCUT2D eigenvalue weighted by molar-refractivity contribution is 0.359. The van der Waals surface area contributed by atoms with Crippen molar-refractivity contribution in [3.63, 3.8) is 0 Å². The van der Waals surface area contributed by atoms with E-state index in [0.29, 0.717) is 5.92 Å². The van der Waals surface area contributed by atoms with E-state index in [4.69, 9.17) is 0 Å². The van der Waals surface area contributed by atoms with Crippen molar-refractivity contribution in [3.05, 3.63) is 0 Å². The molecule has 0 amide bonds. The fourth-order valence-corrected chi connectivity index (χ4v) is 1.36. The highest BCUT2D eigenvalue weighted by Crippen LogP contribution is 2.36. The fraction of sp³-hybridized carbons (Fsp3) is 1.00. The second-order valence-electron chi connectivity index (χ2n) is 3.57. The molecule has 1 rings (SSSR count). The minimum Gasteiger partial charge on any atom is -0.241 e. The van der Waals surface area contributed by atoms with Gasteiger partial charge in [-0.1, -0.05) is 6.92 Å². The molecule has 0 spiro atoms. The number of hydrazine groups is 1. The lowest BCUT2D eigenvalue weighted by Gasteiger charge is -2.14. The van der Waals surface area contributed by atoms with Gasteiger partial charge in [-0.2, -0.15) is 0 Å². The van der Waals surface area contributed by atoms with Gasteiger partial charge in [-0.05, 0) is 18.3 Å². The summed E-state index contributed by atoms with van der Waals surface area (Å²) < 4.78 is 23.0. The number of hydrogen-bond acceptors (Lipinski definition) is 3. The molecule has 2 unspecified atom stereocenters. The van der Waals surface area contributed by atoms with E-state index in [1.165, 1.54) is 24.1 Å². The van der Waals surface area contributed by atoms with Crippen LogP contribution < -0.4 is 5.43 Å². The Hall–Kier alpha value is -0.130. The van der Waals surface area contributed by atoms with Crippen molar-refractivity contribution in [2.24, 2.45) is 11.8 Å². The SMILES string of the molecule is CC1CC1CNN(C)S(C)(=O)=O. The van der Waals surface area contributed by atoms with Gasteiger partial charge in [-0.25, -0.2) is 13.8 Å². The van der Waals surface area contributed by atoms with E-state index >= 15 is 0 Å². The van der Waals surface area contributed by atoms with Gasteiger partial charge in [0.1, 0.15) is 0 Å². The average molecular weight is 192 g/mol. The Labute approximate surface area is 74.0 Å². The molecule has 2 atom stereocenters. The van der Waals surface area contributed by atoms with Gasteiger partial charge in [0.2, 0.25) is 10.0 Å². The maximum Gasteiger partial charge on any atom is 0.223 e. The molecule has 0 bridgehead atoms. The summed E-state index contributed by atoms with van der Waals surface area (Å²) in [5, 5.41) is 0. The molecule has 0 aromatic heterocycles. The third kappa shape index (κ3) is 2.73. The van der Waals surface area contributed by atoms with Crippen LogP contribution in [0.25, 0.3) is 0 Å². The Balaban J connectivity index is 2.23. The first kappa shape index (κ1) is 9.95. The van der Waals surface area contributed by atoms with E-state index in [1.54, 1.807) is 0 Å². The molecule has 1 aliphatic rings. The number of hydrogen-bond donors (Lipinski definition) is 1. The minimum absolute atomic E-state index is 0.661. The molecule has 5 heteroatoms. The molecule has 0 aliphatic heterocycles. The van der Waals surface area contributed by atoms with Crippen LogP contribution in [0.1, 0.15) is 13.3 Å². The van der Waals surface area contributed by atoms with Gasteiger partial charge in [-0.15, -0.1) is 4.41 Å². The highest BCUT2D eigenvalue weighted by Gasteiger charge is 2.32. The van der Waals surface area contributed by atoms with E-state index in [-0.39, 0.29) is 0 Å². The molecule has 0 radical (unpaired) electrons. The van der Waals surface area contributed by atoms with Crippen LogP contribution in [-0.4, -0.2) is 32.7 Å². The van der Waals surface area contributed by atoms with Crippen LogP contribution >= 0.6 is 0 Å². The molecule has 1 aliphatic carbocycles. The Morgan fingerprint density at radius 1 is 1.58 bits per heavy atom. The van der Waals surface area contributed by atoms with Gasteiger partial charge in [0.15, 0.2) is 0 Å². The summed E-state index contributed by atoms with van der Waals surface area (Å²) in [6, 6.07) is 0. The van der Waals surface area contributed by atoms with Crippen LogP contribution in [0, 0.1) is 11.8 Å². The van der Waals surface area contributed by atoms with Crippen molar-refractivity contribution in [2.45, 2.75) is 13.3 Å². The third-order valence-electron chi connectivity index (χ3n) is 2.35. The van der Waals surface area contributed by atoms with Gasteiger partial charge in [-0.3, -0.25) is 0 Å². The van der Waals surface area contributed by atoms with Crippen LogP contribution in [0.4, 0.5) is 0 Å². The first-order chi connectivity index (χ1) is 5.41. The largest absolute Gasteiger partial charge is 0.241 e. The van der Waals surface area contributed by atoms with Crippen molar-refractivity contribution in [1.82, 2.24) is 9.84 Å². The molecule has 1 fully saturated rings. The predicted molar refractivity (Wildman–Crippen MR) is 47.9 cm³/mol. The molecule has 1 saturated carbocycles. The molecule has 0 aromatic rings. The first-order valence-corrected chi connectivity index (χ1v) is 5.93. The molecule has 12 heavy (non-hydrogen) atoms. The standard InChI is InChI=1S/C7H16N2O2S/c1-6-4-7(6)5-8-9(2)12(3,10)11/h6-8H,4-5H2,1-3H3. The summed E-state index contributed by atoms with van der Waals surface area (Å²) in [4.78, 5) is 0. The summed E-state index contributed by atoms with van der Waals surface area (Å²) in [6.07, 6.45) is 2.40. The quantitative estimate of drug-likeness (QED) is 0.640. The summed E-state index contributed by atoms with van der Waals surface area (Å²) >= 11 is 0. The van der Waals surface area contributed by atoms with E-state index in [9.17, 15) is 8.42 Å². The van der Waals surface area contributed by atoms with Crippen molar-refractivity contribution in [1.29, 1.82) is 0 Å². The third-order valence-corrected chi connectivity index (χ3v) is 3.47. The lowest BCUT2D eigenvalue weighted by Crippen LogP contribution is -2.39. The Morgan fingerprint density at radius 2 is 2.08 bits per heavy atom. The minimum atomic E-state index is -3.07. The van der Waals surface area contributed by atoms with Crippen LogP contribution in [0.2, 0.25) is 0 Å². The molecule has 72 valence electrons. The summed E-state index contributed by atoms with van der Waals surface area (Å²) in [6.45, 7) is 2.94. The molecule has 0 saturated heterocycles. The number of nitrogens with zero attached hydrogens (tertiary/aromatic N) is 1. The van der Waals surface area contributed by atoms with E-state index in [1.807, 2.05) is 0 Å². The predicted octanol–water partition coefficient (Wildman–Crippen LogP) is 0.0384. The zero-order valence-electron chi connectivity index (χ0n) is 7.74. The number of rotatable bonds is 4. The molecule has 4 nitrogen and oxygen atoms in total. The Morgan fingerprint density at radius 3 is 2.42 bits per heavy atom. The summed E-state index contributed by atoms with van der Waals surface area (Å²) in [5.74, 6) is 1.42. The Bertz CT molecular complexity index is 250. The van der Waals surface area contributed by atoms with E-state index in [0.717, 1.165) is 12.5 Å². The topological polar surface area (TPSA) is 49.4 Å². The maximum atomic E-state index is 10.9. The molecular formula is C7H16N2O2S. The van der Waals surface area contributed by atoms with Crippen LogP contribution in [0.3, 0.4) is 0 Å². The number of nitrogens with one attached hydrogen (secondary N) is 1. The monoisotopic (exact) mass is 192 g/mol. The second-order valence-corrected chi connectivity index (χ2v) is 5.58. The number of sulfonamides is 1. The molecule has 1 N–H and O–H groups in total. The van der Waals surface area contributed by atoms with Crippen molar-refractivity contribution in [2.75, 3.05) is 19.8 Å². The van der Waals surface area contributed by atoms with Crippen molar-refractivity contribution in [3.8, 4) is 0 Å². The zero-order chi connectivity index (χ0) is 9.35. The van der Waals surface area contributed by atoms with Gasteiger partial charge < -0.3 is 0 Å². The lowest BCUT2D eigenvalue weighted by atomic mass is 10.3.